The molecular formula is C19H20FN7O. The average molecular weight is 381 g/mol. The summed E-state index contributed by atoms with van der Waals surface area (Å²) >= 11 is 0. The summed E-state index contributed by atoms with van der Waals surface area (Å²) in [5, 5.41) is 31.2. The third-order valence-corrected chi connectivity index (χ3v) is 5.74. The third kappa shape index (κ3) is 2.35. The molecule has 3 aromatic heterocycles. The largest absolute Gasteiger partial charge is 0.396 e. The van der Waals surface area contributed by atoms with E-state index in [0.29, 0.717) is 36.5 Å². The number of nitrogens with one attached hydrogen (secondary N) is 1. The number of hydrogen-bond acceptors (Lipinski definition) is 6. The van der Waals surface area contributed by atoms with Gasteiger partial charge in [-0.05, 0) is 19.1 Å². The van der Waals surface area contributed by atoms with E-state index in [4.69, 9.17) is 5.10 Å². The zero-order valence-electron chi connectivity index (χ0n) is 15.4. The Morgan fingerprint density at radius 1 is 1.43 bits per heavy atom. The summed E-state index contributed by atoms with van der Waals surface area (Å²) in [6, 6.07) is 5.61. The van der Waals surface area contributed by atoms with Gasteiger partial charge in [0.25, 0.3) is 0 Å². The molecule has 8 nitrogen and oxygen atoms in total. The monoisotopic (exact) mass is 381 g/mol. The van der Waals surface area contributed by atoms with E-state index in [-0.39, 0.29) is 18.6 Å². The minimum atomic E-state index is -0.442. The Hall–Kier alpha value is -2.96. The van der Waals surface area contributed by atoms with Crippen molar-refractivity contribution in [3.63, 3.8) is 0 Å². The van der Waals surface area contributed by atoms with Crippen molar-refractivity contribution in [1.82, 2.24) is 24.7 Å². The van der Waals surface area contributed by atoms with Crippen molar-refractivity contribution in [3.05, 3.63) is 46.8 Å². The molecule has 28 heavy (non-hydrogen) atoms. The van der Waals surface area contributed by atoms with Gasteiger partial charge in [0.15, 0.2) is 5.82 Å². The topological polar surface area (TPSA) is 94.4 Å². The normalized spacial score (nSPS) is 21.4. The number of aromatic nitrogens is 4. The van der Waals surface area contributed by atoms with Crippen LogP contribution in [0, 0.1) is 17.1 Å². The van der Waals surface area contributed by atoms with Gasteiger partial charge in [0, 0.05) is 31.1 Å². The lowest BCUT2D eigenvalue weighted by Crippen LogP contribution is -2.37. The van der Waals surface area contributed by atoms with E-state index in [0.717, 1.165) is 29.7 Å². The van der Waals surface area contributed by atoms with Crippen molar-refractivity contribution in [2.75, 3.05) is 24.6 Å². The number of halogens is 1. The van der Waals surface area contributed by atoms with Gasteiger partial charge >= 0.3 is 0 Å². The standard InChI is InChI=1S/C19H20FN7O/c1-11-8-25(16-3-2-13(4-21)27-19(16)15(20)7-23-27)9-17-14-6-22-5-12(10-28)18(14)24-26(11)17/h2-3,7,11-12,22,28H,5-6,8-10H2,1H3/t11-,12?/m1/s1. The highest BCUT2D eigenvalue weighted by atomic mass is 19.1. The number of nitrogens with zero attached hydrogens (tertiary/aromatic N) is 6. The van der Waals surface area contributed by atoms with Crippen molar-refractivity contribution in [1.29, 1.82) is 5.26 Å². The third-order valence-electron chi connectivity index (χ3n) is 5.74. The molecule has 5 heterocycles. The van der Waals surface area contributed by atoms with E-state index in [2.05, 4.69) is 28.3 Å². The quantitative estimate of drug-likeness (QED) is 0.695. The molecule has 0 radical (unpaired) electrons. The lowest BCUT2D eigenvalue weighted by Gasteiger charge is -2.34. The lowest BCUT2D eigenvalue weighted by molar-refractivity contribution is 0.253. The van der Waals surface area contributed by atoms with Crippen LogP contribution in [0.25, 0.3) is 5.52 Å². The molecule has 144 valence electrons. The van der Waals surface area contributed by atoms with Crippen LogP contribution in [0.3, 0.4) is 0 Å². The highest BCUT2D eigenvalue weighted by molar-refractivity contribution is 5.75. The number of hydrogen-bond donors (Lipinski definition) is 2. The molecule has 0 aliphatic carbocycles. The van der Waals surface area contributed by atoms with Crippen molar-refractivity contribution in [2.45, 2.75) is 32.0 Å². The smallest absolute Gasteiger partial charge is 0.171 e. The molecule has 2 atom stereocenters. The summed E-state index contributed by atoms with van der Waals surface area (Å²) in [5.74, 6) is -0.445. The van der Waals surface area contributed by atoms with E-state index in [9.17, 15) is 14.8 Å². The fraction of sp³-hybridized carbons (Fsp3) is 0.421. The van der Waals surface area contributed by atoms with E-state index >= 15 is 0 Å². The molecule has 3 aromatic rings. The summed E-state index contributed by atoms with van der Waals surface area (Å²) in [7, 11) is 0. The number of nitriles is 1. The zero-order valence-corrected chi connectivity index (χ0v) is 15.4. The van der Waals surface area contributed by atoms with E-state index < -0.39 is 5.82 Å². The van der Waals surface area contributed by atoms with Crippen LogP contribution in [0.5, 0.6) is 0 Å². The second kappa shape index (κ2) is 6.29. The molecule has 0 saturated carbocycles. The summed E-state index contributed by atoms with van der Waals surface area (Å²) in [4.78, 5) is 2.12. The Bertz CT molecular complexity index is 1110. The van der Waals surface area contributed by atoms with Gasteiger partial charge in [-0.1, -0.05) is 0 Å². The van der Waals surface area contributed by atoms with Gasteiger partial charge < -0.3 is 15.3 Å². The highest BCUT2D eigenvalue weighted by Crippen LogP contribution is 2.35. The van der Waals surface area contributed by atoms with E-state index in [1.165, 1.54) is 4.52 Å². The number of aliphatic hydroxyl groups excluding tert-OH is 1. The van der Waals surface area contributed by atoms with Crippen molar-refractivity contribution < 1.29 is 9.50 Å². The lowest BCUT2D eigenvalue weighted by atomic mass is 9.96. The van der Waals surface area contributed by atoms with E-state index in [1.807, 2.05) is 4.68 Å². The van der Waals surface area contributed by atoms with Crippen LogP contribution in [0.15, 0.2) is 18.3 Å². The van der Waals surface area contributed by atoms with Gasteiger partial charge in [0.1, 0.15) is 17.3 Å². The van der Waals surface area contributed by atoms with Crippen LogP contribution in [-0.2, 0) is 13.1 Å². The SMILES string of the molecule is C[C@@H]1CN(c2ccc(C#N)n3ncc(F)c23)Cc2c3c(nn21)C(CO)CNC3. The van der Waals surface area contributed by atoms with Gasteiger partial charge in [-0.3, -0.25) is 4.68 Å². The second-order valence-electron chi connectivity index (χ2n) is 7.46. The minimum absolute atomic E-state index is 0.00334. The second-order valence-corrected chi connectivity index (χ2v) is 7.46. The van der Waals surface area contributed by atoms with Crippen LogP contribution in [0.1, 0.15) is 41.5 Å². The maximum atomic E-state index is 14.5. The number of rotatable bonds is 2. The Morgan fingerprint density at radius 3 is 3.07 bits per heavy atom. The number of anilines is 1. The van der Waals surface area contributed by atoms with E-state index in [1.54, 1.807) is 12.1 Å². The maximum absolute atomic E-state index is 14.5. The van der Waals surface area contributed by atoms with Crippen LogP contribution in [0.4, 0.5) is 10.1 Å². The molecule has 0 bridgehead atoms. The van der Waals surface area contributed by atoms with Crippen molar-refractivity contribution in [2.24, 2.45) is 0 Å². The Labute approximate surface area is 160 Å². The molecule has 0 fully saturated rings. The molecule has 0 aromatic carbocycles. The Morgan fingerprint density at radius 2 is 2.29 bits per heavy atom. The van der Waals surface area contributed by atoms with Gasteiger partial charge in [0.2, 0.25) is 0 Å². The van der Waals surface area contributed by atoms with Gasteiger partial charge in [-0.25, -0.2) is 8.91 Å². The first kappa shape index (κ1) is 17.2. The zero-order chi connectivity index (χ0) is 19.4. The molecular weight excluding hydrogens is 361 g/mol. The molecule has 0 spiro atoms. The first-order valence-corrected chi connectivity index (χ1v) is 9.35. The van der Waals surface area contributed by atoms with Crippen LogP contribution < -0.4 is 10.2 Å². The number of fused-ring (bicyclic) bond motifs is 4. The molecule has 2 N–H and O–H groups in total. The fourth-order valence-corrected chi connectivity index (χ4v) is 4.41. The maximum Gasteiger partial charge on any atom is 0.171 e. The predicted octanol–water partition coefficient (Wildman–Crippen LogP) is 1.30. The molecule has 0 saturated heterocycles. The highest BCUT2D eigenvalue weighted by Gasteiger charge is 2.33. The molecule has 2 aliphatic heterocycles. The van der Waals surface area contributed by atoms with Gasteiger partial charge in [0.05, 0.1) is 42.5 Å². The average Bonchev–Trinajstić information content (AvgIpc) is 3.29. The first-order valence-electron chi connectivity index (χ1n) is 9.35. The summed E-state index contributed by atoms with van der Waals surface area (Å²) in [5.41, 5.74) is 4.50. The Balaban J connectivity index is 1.61. The predicted molar refractivity (Wildman–Crippen MR) is 99.4 cm³/mol. The van der Waals surface area contributed by atoms with Crippen molar-refractivity contribution in [3.8, 4) is 6.07 Å². The van der Waals surface area contributed by atoms with Crippen LogP contribution in [0.2, 0.25) is 0 Å². The summed E-state index contributed by atoms with van der Waals surface area (Å²) in [6.07, 6.45) is 1.15. The van der Waals surface area contributed by atoms with Crippen LogP contribution >= 0.6 is 0 Å². The Kier molecular flexibility index (Phi) is 3.86. The molecule has 0 amide bonds. The molecule has 5 rings (SSSR count). The fourth-order valence-electron chi connectivity index (χ4n) is 4.41. The van der Waals surface area contributed by atoms with Crippen molar-refractivity contribution >= 4 is 11.2 Å². The molecule has 1 unspecified atom stereocenters. The minimum Gasteiger partial charge on any atom is -0.396 e. The number of pyridine rings is 1. The molecule has 2 aliphatic rings. The van der Waals surface area contributed by atoms with Crippen LogP contribution in [-0.4, -0.2) is 44.2 Å². The summed E-state index contributed by atoms with van der Waals surface area (Å²) in [6.45, 7) is 4.82. The van der Waals surface area contributed by atoms with Gasteiger partial charge in [-0.2, -0.15) is 15.5 Å². The van der Waals surface area contributed by atoms with Gasteiger partial charge in [-0.15, -0.1) is 0 Å². The summed E-state index contributed by atoms with van der Waals surface area (Å²) < 4.78 is 17.9. The number of aliphatic hydroxyl groups is 1. The molecule has 9 heteroatoms. The first-order chi connectivity index (χ1) is 13.6.